The van der Waals surface area contributed by atoms with E-state index in [-0.39, 0.29) is 0 Å². The van der Waals surface area contributed by atoms with Gasteiger partial charge >= 0.3 is 0 Å². The second-order valence-corrected chi connectivity index (χ2v) is 5.25. The van der Waals surface area contributed by atoms with E-state index in [1.165, 1.54) is 18.4 Å². The van der Waals surface area contributed by atoms with E-state index in [0.717, 1.165) is 11.6 Å². The van der Waals surface area contributed by atoms with Crippen molar-refractivity contribution in [2.24, 2.45) is 5.92 Å². The lowest BCUT2D eigenvalue weighted by atomic mass is 9.82. The van der Waals surface area contributed by atoms with Gasteiger partial charge in [-0.3, -0.25) is 0 Å². The van der Waals surface area contributed by atoms with Crippen molar-refractivity contribution in [3.05, 3.63) is 33.8 Å². The van der Waals surface area contributed by atoms with Crippen LogP contribution in [-0.2, 0) is 0 Å². The van der Waals surface area contributed by atoms with Crippen molar-refractivity contribution in [3.63, 3.8) is 0 Å². The molecule has 3 heteroatoms. The molecule has 0 amide bonds. The summed E-state index contributed by atoms with van der Waals surface area (Å²) in [5, 5.41) is 4.75. The fraction of sp³-hybridized carbons (Fsp3) is 0.571. The van der Waals surface area contributed by atoms with E-state index < -0.39 is 0 Å². The number of halogens is 2. The van der Waals surface area contributed by atoms with Gasteiger partial charge in [-0.2, -0.15) is 0 Å². The van der Waals surface area contributed by atoms with Crippen molar-refractivity contribution >= 4 is 23.2 Å². The third kappa shape index (κ3) is 3.87. The summed E-state index contributed by atoms with van der Waals surface area (Å²) in [5.74, 6) is 1.11. The molecule has 0 bridgehead atoms. The van der Waals surface area contributed by atoms with Gasteiger partial charge < -0.3 is 5.32 Å². The smallest absolute Gasteiger partial charge is 0.0456 e. The largest absolute Gasteiger partial charge is 0.319 e. The molecule has 0 saturated carbocycles. The molecule has 96 valence electrons. The minimum atomic E-state index is 0.458. The molecule has 0 spiro atoms. The van der Waals surface area contributed by atoms with Crippen LogP contribution in [0.3, 0.4) is 0 Å². The molecule has 0 aliphatic heterocycles. The second-order valence-electron chi connectivity index (χ2n) is 4.41. The van der Waals surface area contributed by atoms with Gasteiger partial charge in [0.25, 0.3) is 0 Å². The van der Waals surface area contributed by atoms with E-state index in [0.29, 0.717) is 16.9 Å². The molecular formula is C14H21Cl2N. The molecule has 0 heterocycles. The van der Waals surface area contributed by atoms with Crippen LogP contribution >= 0.6 is 23.2 Å². The normalized spacial score (nSPS) is 13.1. The third-order valence-electron chi connectivity index (χ3n) is 3.40. The second kappa shape index (κ2) is 7.25. The summed E-state index contributed by atoms with van der Waals surface area (Å²) in [4.78, 5) is 0. The van der Waals surface area contributed by atoms with Gasteiger partial charge in [0, 0.05) is 22.5 Å². The lowest BCUT2D eigenvalue weighted by Crippen LogP contribution is -2.24. The molecule has 1 aromatic rings. The number of benzene rings is 1. The topological polar surface area (TPSA) is 12.0 Å². The molecule has 0 aliphatic carbocycles. The minimum absolute atomic E-state index is 0.458. The molecular weight excluding hydrogens is 253 g/mol. The molecule has 0 radical (unpaired) electrons. The minimum Gasteiger partial charge on any atom is -0.319 e. The average Bonchev–Trinajstić information content (AvgIpc) is 2.30. The molecule has 1 nitrogen and oxygen atoms in total. The SMILES string of the molecule is CCC(CC)C(CNC)c1ccc(Cl)cc1Cl. The summed E-state index contributed by atoms with van der Waals surface area (Å²) < 4.78 is 0. The third-order valence-corrected chi connectivity index (χ3v) is 3.97. The van der Waals surface area contributed by atoms with E-state index in [4.69, 9.17) is 23.2 Å². The molecule has 17 heavy (non-hydrogen) atoms. The van der Waals surface area contributed by atoms with Crippen LogP contribution in [0.15, 0.2) is 18.2 Å². The summed E-state index contributed by atoms with van der Waals surface area (Å²) in [6.45, 7) is 5.43. The van der Waals surface area contributed by atoms with Crippen LogP contribution in [0.4, 0.5) is 0 Å². The Morgan fingerprint density at radius 2 is 1.82 bits per heavy atom. The van der Waals surface area contributed by atoms with Crippen LogP contribution in [0.2, 0.25) is 10.0 Å². The standard InChI is InChI=1S/C14H21Cl2N/c1-4-10(5-2)13(9-17-3)12-7-6-11(15)8-14(12)16/h6-8,10,13,17H,4-5,9H2,1-3H3. The van der Waals surface area contributed by atoms with Crippen LogP contribution < -0.4 is 5.32 Å². The van der Waals surface area contributed by atoms with E-state index in [1.54, 1.807) is 0 Å². The summed E-state index contributed by atoms with van der Waals surface area (Å²) in [6.07, 6.45) is 2.34. The van der Waals surface area contributed by atoms with Gasteiger partial charge in [0.2, 0.25) is 0 Å². The Labute approximate surface area is 115 Å². The molecule has 0 saturated heterocycles. The van der Waals surface area contributed by atoms with Gasteiger partial charge in [0.15, 0.2) is 0 Å². The summed E-state index contributed by atoms with van der Waals surface area (Å²) in [7, 11) is 1.99. The van der Waals surface area contributed by atoms with Crippen molar-refractivity contribution in [2.45, 2.75) is 32.6 Å². The van der Waals surface area contributed by atoms with Gasteiger partial charge in [-0.25, -0.2) is 0 Å². The van der Waals surface area contributed by atoms with Crippen molar-refractivity contribution in [3.8, 4) is 0 Å². The zero-order valence-corrected chi connectivity index (χ0v) is 12.3. The van der Waals surface area contributed by atoms with Crippen LogP contribution in [0.1, 0.15) is 38.2 Å². The maximum Gasteiger partial charge on any atom is 0.0456 e. The summed E-state index contributed by atoms with van der Waals surface area (Å²) in [5.41, 5.74) is 1.21. The summed E-state index contributed by atoms with van der Waals surface area (Å²) in [6, 6.07) is 5.82. The lowest BCUT2D eigenvalue weighted by Gasteiger charge is -2.26. The van der Waals surface area contributed by atoms with E-state index in [1.807, 2.05) is 19.2 Å². The van der Waals surface area contributed by atoms with Crippen molar-refractivity contribution in [1.82, 2.24) is 5.32 Å². The molecule has 0 aromatic heterocycles. The van der Waals surface area contributed by atoms with Crippen LogP contribution in [0, 0.1) is 5.92 Å². The van der Waals surface area contributed by atoms with E-state index >= 15 is 0 Å². The summed E-state index contributed by atoms with van der Waals surface area (Å²) >= 11 is 12.3. The molecule has 1 N–H and O–H groups in total. The highest BCUT2D eigenvalue weighted by Crippen LogP contribution is 2.34. The number of likely N-dealkylation sites (N-methyl/N-ethyl adjacent to an activating group) is 1. The number of hydrogen-bond acceptors (Lipinski definition) is 1. The van der Waals surface area contributed by atoms with Gasteiger partial charge in [-0.15, -0.1) is 0 Å². The zero-order valence-electron chi connectivity index (χ0n) is 10.8. The fourth-order valence-corrected chi connectivity index (χ4v) is 2.96. The predicted molar refractivity (Wildman–Crippen MR) is 77.2 cm³/mol. The molecule has 1 aromatic carbocycles. The van der Waals surface area contributed by atoms with Crippen LogP contribution in [-0.4, -0.2) is 13.6 Å². The zero-order chi connectivity index (χ0) is 12.8. The molecule has 1 rings (SSSR count). The van der Waals surface area contributed by atoms with Crippen LogP contribution in [0.25, 0.3) is 0 Å². The lowest BCUT2D eigenvalue weighted by molar-refractivity contribution is 0.387. The highest BCUT2D eigenvalue weighted by molar-refractivity contribution is 6.35. The Hall–Kier alpha value is -0.240. The monoisotopic (exact) mass is 273 g/mol. The molecule has 0 aliphatic rings. The maximum absolute atomic E-state index is 6.31. The first kappa shape index (κ1) is 14.8. The Kier molecular flexibility index (Phi) is 6.32. The highest BCUT2D eigenvalue weighted by atomic mass is 35.5. The van der Waals surface area contributed by atoms with E-state index in [9.17, 15) is 0 Å². The van der Waals surface area contributed by atoms with Gasteiger partial charge in [0.05, 0.1) is 0 Å². The Morgan fingerprint density at radius 3 is 2.29 bits per heavy atom. The quantitative estimate of drug-likeness (QED) is 0.790. The van der Waals surface area contributed by atoms with Gasteiger partial charge in [-0.1, -0.05) is 56.0 Å². The molecule has 1 unspecified atom stereocenters. The first-order valence-electron chi connectivity index (χ1n) is 6.23. The predicted octanol–water partition coefficient (Wildman–Crippen LogP) is 4.73. The van der Waals surface area contributed by atoms with Gasteiger partial charge in [-0.05, 0) is 30.7 Å². The fourth-order valence-electron chi connectivity index (χ4n) is 2.41. The number of rotatable bonds is 6. The Balaban J connectivity index is 3.03. The molecule has 1 atom stereocenters. The molecule has 0 fully saturated rings. The van der Waals surface area contributed by atoms with Crippen molar-refractivity contribution < 1.29 is 0 Å². The maximum atomic E-state index is 6.31. The highest BCUT2D eigenvalue weighted by Gasteiger charge is 2.21. The first-order valence-corrected chi connectivity index (χ1v) is 6.99. The van der Waals surface area contributed by atoms with Crippen LogP contribution in [0.5, 0.6) is 0 Å². The number of nitrogens with one attached hydrogen (secondary N) is 1. The van der Waals surface area contributed by atoms with E-state index in [2.05, 4.69) is 25.2 Å². The first-order chi connectivity index (χ1) is 8.13. The Morgan fingerprint density at radius 1 is 1.18 bits per heavy atom. The average molecular weight is 274 g/mol. The van der Waals surface area contributed by atoms with Crippen molar-refractivity contribution in [1.29, 1.82) is 0 Å². The Bertz CT molecular complexity index is 348. The van der Waals surface area contributed by atoms with Gasteiger partial charge in [0.1, 0.15) is 0 Å². The van der Waals surface area contributed by atoms with Crippen molar-refractivity contribution in [2.75, 3.05) is 13.6 Å². The number of hydrogen-bond donors (Lipinski definition) is 1.